The molecule has 0 saturated carbocycles. The minimum Gasteiger partial charge on any atom is -0.500 e. The van der Waals surface area contributed by atoms with Crippen molar-refractivity contribution >= 4 is 8.80 Å². The Morgan fingerprint density at radius 2 is 1.52 bits per heavy atom. The van der Waals surface area contributed by atoms with Crippen molar-refractivity contribution in [2.24, 2.45) is 0 Å². The average Bonchev–Trinajstić information content (AvgIpc) is 2.64. The first-order valence-electron chi connectivity index (χ1n) is 9.69. The SMILES string of the molecule is C=CCc1ccccc1O[Si](CCCCCCCCCC)(OC)OC. The van der Waals surface area contributed by atoms with Crippen molar-refractivity contribution in [1.29, 1.82) is 0 Å². The molecule has 0 aliphatic rings. The van der Waals surface area contributed by atoms with Crippen LogP contribution >= 0.6 is 0 Å². The molecule has 0 unspecified atom stereocenters. The lowest BCUT2D eigenvalue weighted by atomic mass is 10.1. The maximum absolute atomic E-state index is 6.29. The Hall–Kier alpha value is -1.10. The Balaban J connectivity index is 2.49. The van der Waals surface area contributed by atoms with Crippen molar-refractivity contribution in [2.75, 3.05) is 14.2 Å². The normalized spacial score (nSPS) is 11.5. The summed E-state index contributed by atoms with van der Waals surface area (Å²) in [5.41, 5.74) is 1.12. The van der Waals surface area contributed by atoms with E-state index in [1.54, 1.807) is 14.2 Å². The maximum Gasteiger partial charge on any atom is 0.565 e. The van der Waals surface area contributed by atoms with Crippen LogP contribution in [-0.2, 0) is 15.3 Å². The van der Waals surface area contributed by atoms with Crippen molar-refractivity contribution in [1.82, 2.24) is 0 Å². The predicted octanol–water partition coefficient (Wildman–Crippen LogP) is 6.17. The second kappa shape index (κ2) is 13.1. The molecule has 0 heterocycles. The van der Waals surface area contributed by atoms with Gasteiger partial charge in [0.15, 0.2) is 0 Å². The Morgan fingerprint density at radius 1 is 0.920 bits per heavy atom. The molecular formula is C21H36O3Si. The van der Waals surface area contributed by atoms with Crippen LogP contribution in [0.15, 0.2) is 36.9 Å². The Labute approximate surface area is 155 Å². The van der Waals surface area contributed by atoms with Crippen LogP contribution in [0.5, 0.6) is 5.75 Å². The molecule has 0 aliphatic carbocycles. The summed E-state index contributed by atoms with van der Waals surface area (Å²) in [5, 5.41) is 0. The molecule has 0 fully saturated rings. The van der Waals surface area contributed by atoms with E-state index >= 15 is 0 Å². The van der Waals surface area contributed by atoms with Crippen LogP contribution in [0.3, 0.4) is 0 Å². The number of benzene rings is 1. The van der Waals surface area contributed by atoms with Crippen LogP contribution in [0, 0.1) is 0 Å². The van der Waals surface area contributed by atoms with Crippen LogP contribution < -0.4 is 4.43 Å². The summed E-state index contributed by atoms with van der Waals surface area (Å²) in [5.74, 6) is 0.859. The molecule has 1 aromatic rings. The fourth-order valence-corrected chi connectivity index (χ4v) is 5.05. The molecule has 0 bridgehead atoms. The molecule has 0 N–H and O–H groups in total. The first-order valence-corrected chi connectivity index (χ1v) is 11.6. The summed E-state index contributed by atoms with van der Waals surface area (Å²) in [7, 11) is 0.750. The van der Waals surface area contributed by atoms with Gasteiger partial charge in [0.05, 0.1) is 0 Å². The third kappa shape index (κ3) is 8.21. The van der Waals surface area contributed by atoms with Crippen molar-refractivity contribution in [3.05, 3.63) is 42.5 Å². The third-order valence-electron chi connectivity index (χ3n) is 4.56. The molecule has 0 aliphatic heterocycles. The first kappa shape index (κ1) is 21.9. The van der Waals surface area contributed by atoms with Gasteiger partial charge in [-0.05, 0) is 24.5 Å². The van der Waals surface area contributed by atoms with Gasteiger partial charge in [0.25, 0.3) is 0 Å². The molecule has 0 atom stereocenters. The van der Waals surface area contributed by atoms with E-state index in [4.69, 9.17) is 13.3 Å². The molecular weight excluding hydrogens is 328 g/mol. The third-order valence-corrected chi connectivity index (χ3v) is 7.30. The van der Waals surface area contributed by atoms with Crippen LogP contribution in [0.25, 0.3) is 0 Å². The second-order valence-electron chi connectivity index (χ2n) is 6.52. The van der Waals surface area contributed by atoms with Crippen molar-refractivity contribution in [3.8, 4) is 5.75 Å². The second-order valence-corrected chi connectivity index (χ2v) is 9.41. The molecule has 1 rings (SSSR count). The van der Waals surface area contributed by atoms with Gasteiger partial charge in [-0.3, -0.25) is 0 Å². The Bertz CT molecular complexity index is 472. The quantitative estimate of drug-likeness (QED) is 0.212. The molecule has 142 valence electrons. The van der Waals surface area contributed by atoms with Gasteiger partial charge in [-0.1, -0.05) is 76.1 Å². The summed E-state index contributed by atoms with van der Waals surface area (Å²) in [6, 6.07) is 8.93. The van der Waals surface area contributed by atoms with E-state index in [1.807, 2.05) is 24.3 Å². The first-order chi connectivity index (χ1) is 12.2. The van der Waals surface area contributed by atoms with Gasteiger partial charge in [0, 0.05) is 20.3 Å². The van der Waals surface area contributed by atoms with Gasteiger partial charge in [-0.15, -0.1) is 6.58 Å². The Kier molecular flexibility index (Phi) is 11.5. The zero-order chi connectivity index (χ0) is 18.4. The smallest absolute Gasteiger partial charge is 0.500 e. The number of unbranched alkanes of at least 4 members (excludes halogenated alkanes) is 7. The summed E-state index contributed by atoms with van der Waals surface area (Å²) >= 11 is 0. The molecule has 0 amide bonds. The van der Waals surface area contributed by atoms with Crippen LogP contribution in [0.4, 0.5) is 0 Å². The lowest BCUT2D eigenvalue weighted by molar-refractivity contribution is 0.159. The van der Waals surface area contributed by atoms with Gasteiger partial charge in [0.1, 0.15) is 5.75 Å². The highest BCUT2D eigenvalue weighted by Gasteiger charge is 2.41. The molecule has 0 saturated heterocycles. The Morgan fingerprint density at radius 3 is 2.12 bits per heavy atom. The monoisotopic (exact) mass is 364 g/mol. The number of allylic oxidation sites excluding steroid dienone is 1. The standard InChI is InChI=1S/C21H36O3Si/c1-5-7-8-9-10-11-12-15-19-25(22-3,23-4)24-21-18-14-13-17-20(21)16-6-2/h6,13-14,17-18H,2,5,7-12,15-16,19H2,1,3-4H3. The van der Waals surface area contributed by atoms with Crippen molar-refractivity contribution in [3.63, 3.8) is 0 Å². The molecule has 3 nitrogen and oxygen atoms in total. The minimum absolute atomic E-state index is 0.784. The fraction of sp³-hybridized carbons (Fsp3) is 0.619. The average molecular weight is 365 g/mol. The molecule has 4 heteroatoms. The van der Waals surface area contributed by atoms with Gasteiger partial charge in [-0.25, -0.2) is 0 Å². The van der Waals surface area contributed by atoms with E-state index in [0.717, 1.165) is 30.2 Å². The number of hydrogen-bond donors (Lipinski definition) is 0. The lowest BCUT2D eigenvalue weighted by Crippen LogP contribution is -2.47. The highest BCUT2D eigenvalue weighted by Crippen LogP contribution is 2.26. The number of para-hydroxylation sites is 1. The molecule has 25 heavy (non-hydrogen) atoms. The summed E-state index contributed by atoms with van der Waals surface area (Å²) < 4.78 is 17.8. The van der Waals surface area contributed by atoms with Gasteiger partial charge < -0.3 is 13.3 Å². The topological polar surface area (TPSA) is 27.7 Å². The van der Waals surface area contributed by atoms with Gasteiger partial charge >= 0.3 is 8.80 Å². The number of hydrogen-bond acceptors (Lipinski definition) is 3. The van der Waals surface area contributed by atoms with Crippen molar-refractivity contribution < 1.29 is 13.3 Å². The van der Waals surface area contributed by atoms with Crippen molar-refractivity contribution in [2.45, 2.75) is 70.8 Å². The zero-order valence-corrected chi connectivity index (χ0v) is 17.4. The summed E-state index contributed by atoms with van der Waals surface area (Å²) in [4.78, 5) is 0. The lowest BCUT2D eigenvalue weighted by Gasteiger charge is -2.28. The molecule has 1 aromatic carbocycles. The summed E-state index contributed by atoms with van der Waals surface area (Å²) in [6.07, 6.45) is 13.0. The largest absolute Gasteiger partial charge is 0.565 e. The molecule has 0 aromatic heterocycles. The predicted molar refractivity (Wildman–Crippen MR) is 108 cm³/mol. The van der Waals surface area contributed by atoms with Gasteiger partial charge in [0.2, 0.25) is 0 Å². The van der Waals surface area contributed by atoms with Crippen LogP contribution in [0.1, 0.15) is 63.9 Å². The zero-order valence-electron chi connectivity index (χ0n) is 16.4. The number of rotatable bonds is 15. The highest BCUT2D eigenvalue weighted by molar-refractivity contribution is 6.61. The fourth-order valence-electron chi connectivity index (χ4n) is 2.99. The minimum atomic E-state index is -2.66. The van der Waals surface area contributed by atoms with E-state index in [-0.39, 0.29) is 0 Å². The van der Waals surface area contributed by atoms with Gasteiger partial charge in [-0.2, -0.15) is 0 Å². The van der Waals surface area contributed by atoms with E-state index in [2.05, 4.69) is 19.6 Å². The molecule has 0 spiro atoms. The van der Waals surface area contributed by atoms with Crippen LogP contribution in [-0.4, -0.2) is 23.0 Å². The van der Waals surface area contributed by atoms with Crippen LogP contribution in [0.2, 0.25) is 6.04 Å². The van der Waals surface area contributed by atoms with E-state index in [1.165, 1.54) is 44.9 Å². The van der Waals surface area contributed by atoms with E-state index in [9.17, 15) is 0 Å². The molecule has 0 radical (unpaired) electrons. The highest BCUT2D eigenvalue weighted by atomic mass is 28.4. The maximum atomic E-state index is 6.29. The van der Waals surface area contributed by atoms with E-state index in [0.29, 0.717) is 0 Å². The van der Waals surface area contributed by atoms with E-state index < -0.39 is 8.80 Å². The summed E-state index contributed by atoms with van der Waals surface area (Å²) in [6.45, 7) is 6.08.